The van der Waals surface area contributed by atoms with E-state index in [1.807, 2.05) is 30.0 Å². The van der Waals surface area contributed by atoms with Crippen molar-refractivity contribution in [3.05, 3.63) is 36.0 Å². The van der Waals surface area contributed by atoms with Gasteiger partial charge in [0.15, 0.2) is 5.69 Å². The van der Waals surface area contributed by atoms with Crippen LogP contribution in [0.15, 0.2) is 30.3 Å². The zero-order chi connectivity index (χ0) is 15.6. The molecule has 0 saturated carbocycles. The van der Waals surface area contributed by atoms with Gasteiger partial charge < -0.3 is 15.1 Å². The topological polar surface area (TPSA) is 73.7 Å². The minimum atomic E-state index is -1.05. The molecule has 1 aromatic heterocycles. The van der Waals surface area contributed by atoms with E-state index in [4.69, 9.17) is 0 Å². The number of carboxylic acids is 1. The van der Waals surface area contributed by atoms with Crippen LogP contribution in [0.25, 0.3) is 10.9 Å². The second-order valence-electron chi connectivity index (χ2n) is 5.68. The summed E-state index contributed by atoms with van der Waals surface area (Å²) in [6, 6.07) is 9.00. The molecule has 0 spiro atoms. The summed E-state index contributed by atoms with van der Waals surface area (Å²) in [7, 11) is 0. The van der Waals surface area contributed by atoms with Crippen LogP contribution in [0.5, 0.6) is 0 Å². The van der Waals surface area contributed by atoms with Crippen LogP contribution in [0, 0.1) is 0 Å². The zero-order valence-electron chi connectivity index (χ0n) is 12.5. The van der Waals surface area contributed by atoms with Gasteiger partial charge in [0.2, 0.25) is 0 Å². The third-order valence-corrected chi connectivity index (χ3v) is 3.21. The van der Waals surface area contributed by atoms with Crippen LogP contribution in [0.1, 0.15) is 31.3 Å². The quantitative estimate of drug-likeness (QED) is 0.884. The molecule has 2 rings (SSSR count). The molecule has 0 aliphatic heterocycles. The number of aliphatic hydroxyl groups is 1. The molecule has 112 valence electrons. The molecule has 2 aromatic rings. The Kier molecular flexibility index (Phi) is 4.14. The average Bonchev–Trinajstić information content (AvgIpc) is 2.42. The second-order valence-corrected chi connectivity index (χ2v) is 5.68. The summed E-state index contributed by atoms with van der Waals surface area (Å²) in [5.74, 6) is -1.05. The number of carbonyl (C=O) groups is 1. The summed E-state index contributed by atoms with van der Waals surface area (Å²) < 4.78 is 0. The Morgan fingerprint density at radius 3 is 2.57 bits per heavy atom. The van der Waals surface area contributed by atoms with Crippen molar-refractivity contribution in [1.29, 1.82) is 0 Å². The molecule has 0 aliphatic carbocycles. The van der Waals surface area contributed by atoms with E-state index in [1.54, 1.807) is 26.0 Å². The van der Waals surface area contributed by atoms with Gasteiger partial charge in [-0.25, -0.2) is 9.78 Å². The van der Waals surface area contributed by atoms with Crippen LogP contribution in [-0.4, -0.2) is 39.9 Å². The van der Waals surface area contributed by atoms with Crippen LogP contribution >= 0.6 is 0 Å². The van der Waals surface area contributed by atoms with Crippen molar-refractivity contribution in [3.8, 4) is 0 Å². The first-order valence-electron chi connectivity index (χ1n) is 6.92. The molecule has 0 fully saturated rings. The molecule has 0 atom stereocenters. The summed E-state index contributed by atoms with van der Waals surface area (Å²) >= 11 is 0. The van der Waals surface area contributed by atoms with Crippen molar-refractivity contribution < 1.29 is 15.0 Å². The van der Waals surface area contributed by atoms with Gasteiger partial charge in [-0.15, -0.1) is 0 Å². The first kappa shape index (κ1) is 15.3. The smallest absolute Gasteiger partial charge is 0.354 e. The van der Waals surface area contributed by atoms with Crippen molar-refractivity contribution in [2.24, 2.45) is 0 Å². The highest BCUT2D eigenvalue weighted by Gasteiger charge is 2.20. The molecule has 21 heavy (non-hydrogen) atoms. The fourth-order valence-corrected chi connectivity index (χ4v) is 2.36. The standard InChI is InChI=1S/C16H20N2O3/c1-4-18(10-16(2,3)21)14-9-13(15(19)20)17-12-8-6-5-7-11(12)14/h5-9,21H,4,10H2,1-3H3,(H,19,20). The summed E-state index contributed by atoms with van der Waals surface area (Å²) in [6.07, 6.45) is 0. The Balaban J connectivity index is 2.61. The van der Waals surface area contributed by atoms with E-state index in [0.29, 0.717) is 18.6 Å². The maximum absolute atomic E-state index is 11.3. The van der Waals surface area contributed by atoms with Crippen molar-refractivity contribution in [2.45, 2.75) is 26.4 Å². The predicted molar refractivity (Wildman–Crippen MR) is 82.9 cm³/mol. The van der Waals surface area contributed by atoms with E-state index >= 15 is 0 Å². The first-order chi connectivity index (χ1) is 9.81. The first-order valence-corrected chi connectivity index (χ1v) is 6.92. The van der Waals surface area contributed by atoms with Gasteiger partial charge in [0.05, 0.1) is 11.1 Å². The number of para-hydroxylation sites is 1. The molecule has 0 unspecified atom stereocenters. The van der Waals surface area contributed by atoms with Gasteiger partial charge in [-0.2, -0.15) is 0 Å². The number of likely N-dealkylation sites (N-methyl/N-ethyl adjacent to an activating group) is 1. The normalized spacial score (nSPS) is 11.6. The Hall–Kier alpha value is -2.14. The molecule has 5 nitrogen and oxygen atoms in total. The van der Waals surface area contributed by atoms with E-state index < -0.39 is 11.6 Å². The van der Waals surface area contributed by atoms with Crippen LogP contribution in [0.3, 0.4) is 0 Å². The molecule has 5 heteroatoms. The van der Waals surface area contributed by atoms with Gasteiger partial charge in [0.1, 0.15) is 0 Å². The van der Waals surface area contributed by atoms with E-state index in [2.05, 4.69) is 4.98 Å². The third kappa shape index (κ3) is 3.49. The maximum Gasteiger partial charge on any atom is 0.354 e. The molecule has 0 radical (unpaired) electrons. The summed E-state index contributed by atoms with van der Waals surface area (Å²) in [4.78, 5) is 17.4. The third-order valence-electron chi connectivity index (χ3n) is 3.21. The Morgan fingerprint density at radius 2 is 2.00 bits per heavy atom. The summed E-state index contributed by atoms with van der Waals surface area (Å²) in [6.45, 7) is 6.52. The van der Waals surface area contributed by atoms with Gasteiger partial charge in [-0.3, -0.25) is 0 Å². The van der Waals surface area contributed by atoms with Gasteiger partial charge in [0.25, 0.3) is 0 Å². The fraction of sp³-hybridized carbons (Fsp3) is 0.375. The highest BCUT2D eigenvalue weighted by Crippen LogP contribution is 2.28. The van der Waals surface area contributed by atoms with E-state index in [0.717, 1.165) is 11.1 Å². The lowest BCUT2D eigenvalue weighted by Gasteiger charge is -2.30. The number of hydrogen-bond donors (Lipinski definition) is 2. The number of hydrogen-bond acceptors (Lipinski definition) is 4. The number of anilines is 1. The molecule has 1 heterocycles. The number of aromatic nitrogens is 1. The highest BCUT2D eigenvalue weighted by molar-refractivity contribution is 5.97. The SMILES string of the molecule is CCN(CC(C)(C)O)c1cc(C(=O)O)nc2ccccc12. The van der Waals surface area contributed by atoms with Gasteiger partial charge in [-0.05, 0) is 32.9 Å². The monoisotopic (exact) mass is 288 g/mol. The lowest BCUT2D eigenvalue weighted by molar-refractivity contribution is 0.0691. The number of aromatic carboxylic acids is 1. The number of carboxylic acid groups (broad SMARTS) is 1. The molecule has 0 saturated heterocycles. The molecular weight excluding hydrogens is 268 g/mol. The zero-order valence-corrected chi connectivity index (χ0v) is 12.5. The van der Waals surface area contributed by atoms with Crippen LogP contribution in [0.4, 0.5) is 5.69 Å². The summed E-state index contributed by atoms with van der Waals surface area (Å²) in [5, 5.41) is 20.2. The molecular formula is C16H20N2O3. The fourth-order valence-electron chi connectivity index (χ4n) is 2.36. The predicted octanol–water partition coefficient (Wildman–Crippen LogP) is 2.53. The Morgan fingerprint density at radius 1 is 1.33 bits per heavy atom. The van der Waals surface area contributed by atoms with Gasteiger partial charge >= 0.3 is 5.97 Å². The largest absolute Gasteiger partial charge is 0.477 e. The molecule has 0 bridgehead atoms. The maximum atomic E-state index is 11.3. The van der Waals surface area contributed by atoms with Crippen molar-refractivity contribution in [1.82, 2.24) is 4.98 Å². The molecule has 1 aromatic carbocycles. The highest BCUT2D eigenvalue weighted by atomic mass is 16.4. The number of fused-ring (bicyclic) bond motifs is 1. The average molecular weight is 288 g/mol. The van der Waals surface area contributed by atoms with E-state index in [9.17, 15) is 15.0 Å². The minimum absolute atomic E-state index is 0.0119. The van der Waals surface area contributed by atoms with Crippen molar-refractivity contribution >= 4 is 22.6 Å². The van der Waals surface area contributed by atoms with Crippen LogP contribution in [0.2, 0.25) is 0 Å². The minimum Gasteiger partial charge on any atom is -0.477 e. The molecule has 0 aliphatic rings. The molecule has 0 amide bonds. The van der Waals surface area contributed by atoms with Crippen molar-refractivity contribution in [3.63, 3.8) is 0 Å². The van der Waals surface area contributed by atoms with Crippen LogP contribution < -0.4 is 4.90 Å². The number of pyridine rings is 1. The second kappa shape index (κ2) is 5.69. The number of nitrogens with zero attached hydrogens (tertiary/aromatic N) is 2. The lowest BCUT2D eigenvalue weighted by Crippen LogP contribution is -2.38. The van der Waals surface area contributed by atoms with Crippen molar-refractivity contribution in [2.75, 3.05) is 18.0 Å². The molecule has 2 N–H and O–H groups in total. The van der Waals surface area contributed by atoms with Crippen LogP contribution in [-0.2, 0) is 0 Å². The number of benzene rings is 1. The summed E-state index contributed by atoms with van der Waals surface area (Å²) in [5.41, 5.74) is 0.561. The van der Waals surface area contributed by atoms with Gasteiger partial charge in [-0.1, -0.05) is 18.2 Å². The Bertz CT molecular complexity index is 662. The lowest BCUT2D eigenvalue weighted by atomic mass is 10.1. The van der Waals surface area contributed by atoms with Gasteiger partial charge in [0, 0.05) is 24.2 Å². The van der Waals surface area contributed by atoms with E-state index in [-0.39, 0.29) is 5.69 Å². The number of rotatable bonds is 5. The Labute approximate surface area is 123 Å². The van der Waals surface area contributed by atoms with E-state index in [1.165, 1.54) is 0 Å².